The molecule has 1 unspecified atom stereocenters. The van der Waals surface area contributed by atoms with Crippen LogP contribution in [-0.2, 0) is 13.1 Å². The van der Waals surface area contributed by atoms with E-state index in [1.807, 2.05) is 29.2 Å². The third kappa shape index (κ3) is 3.94. The highest BCUT2D eigenvalue weighted by Crippen LogP contribution is 2.37. The van der Waals surface area contributed by atoms with Crippen molar-refractivity contribution in [2.75, 3.05) is 19.7 Å². The standard InChI is InChI=1S/C30H28ClN5O2/c31-22-9-7-19(8-10-22)17-36-25-6-2-1-4-20(25)15-26(36)29-33-24-14-21(16-27-28(24)35(29)12-13-38-27)30(37)34-11-3-5-23(32)18-34/h1-2,4,6-10,14-16,23H,3,5,11-13,17-18,32H2. The van der Waals surface area contributed by atoms with Crippen molar-refractivity contribution in [2.45, 2.75) is 32.0 Å². The Morgan fingerprint density at radius 3 is 2.76 bits per heavy atom. The number of fused-ring (bicyclic) bond motifs is 1. The lowest BCUT2D eigenvalue weighted by Gasteiger charge is -2.31. The smallest absolute Gasteiger partial charge is 0.254 e. The zero-order valence-electron chi connectivity index (χ0n) is 20.9. The SMILES string of the molecule is NC1CCCN(C(=O)c2cc3c4c(c2)nc(-c2cc5ccccc5n2Cc2ccc(Cl)cc2)n4CCO3)C1. The highest BCUT2D eigenvalue weighted by molar-refractivity contribution is 6.30. The number of benzene rings is 3. The second kappa shape index (κ2) is 9.19. The van der Waals surface area contributed by atoms with Gasteiger partial charge in [-0.2, -0.15) is 0 Å². The molecule has 1 atom stereocenters. The van der Waals surface area contributed by atoms with Crippen molar-refractivity contribution in [1.82, 2.24) is 19.0 Å². The molecule has 4 heterocycles. The molecule has 0 bridgehead atoms. The van der Waals surface area contributed by atoms with E-state index < -0.39 is 0 Å². The first-order valence-corrected chi connectivity index (χ1v) is 13.5. The lowest BCUT2D eigenvalue weighted by molar-refractivity contribution is 0.0708. The largest absolute Gasteiger partial charge is 0.489 e. The lowest BCUT2D eigenvalue weighted by atomic mass is 10.0. The number of imidazole rings is 1. The maximum absolute atomic E-state index is 13.4. The number of ether oxygens (including phenoxy) is 1. The molecule has 2 aliphatic rings. The van der Waals surface area contributed by atoms with Crippen LogP contribution in [0.15, 0.2) is 66.7 Å². The molecule has 192 valence electrons. The molecule has 1 amide bonds. The van der Waals surface area contributed by atoms with Crippen molar-refractivity contribution >= 4 is 39.4 Å². The highest BCUT2D eigenvalue weighted by atomic mass is 35.5. The predicted octanol–water partition coefficient (Wildman–Crippen LogP) is 5.32. The summed E-state index contributed by atoms with van der Waals surface area (Å²) in [6, 6.07) is 22.4. The van der Waals surface area contributed by atoms with Gasteiger partial charge < -0.3 is 24.5 Å². The van der Waals surface area contributed by atoms with Crippen LogP contribution in [0.2, 0.25) is 5.02 Å². The monoisotopic (exact) mass is 525 g/mol. The molecule has 0 spiro atoms. The van der Waals surface area contributed by atoms with E-state index in [0.29, 0.717) is 37.6 Å². The molecule has 0 saturated carbocycles. The van der Waals surface area contributed by atoms with E-state index >= 15 is 0 Å². The number of halogens is 1. The first-order valence-electron chi connectivity index (χ1n) is 13.1. The van der Waals surface area contributed by atoms with E-state index in [1.165, 1.54) is 0 Å². The van der Waals surface area contributed by atoms with Gasteiger partial charge in [0.1, 0.15) is 17.9 Å². The number of nitrogens with zero attached hydrogens (tertiary/aromatic N) is 4. The van der Waals surface area contributed by atoms with E-state index in [2.05, 4.69) is 51.6 Å². The summed E-state index contributed by atoms with van der Waals surface area (Å²) in [5, 5.41) is 1.88. The molecular formula is C30H28ClN5O2. The maximum Gasteiger partial charge on any atom is 0.254 e. The number of likely N-dealkylation sites (tertiary alicyclic amines) is 1. The Morgan fingerprint density at radius 2 is 1.92 bits per heavy atom. The number of carbonyl (C=O) groups excluding carboxylic acids is 1. The summed E-state index contributed by atoms with van der Waals surface area (Å²) in [5.74, 6) is 1.57. The van der Waals surface area contributed by atoms with Gasteiger partial charge in [-0.15, -0.1) is 0 Å². The van der Waals surface area contributed by atoms with E-state index in [1.54, 1.807) is 0 Å². The van der Waals surface area contributed by atoms with Gasteiger partial charge in [0.05, 0.1) is 17.8 Å². The van der Waals surface area contributed by atoms with Crippen LogP contribution in [0.5, 0.6) is 5.75 Å². The summed E-state index contributed by atoms with van der Waals surface area (Å²) >= 11 is 6.15. The number of piperidine rings is 1. The molecule has 3 aromatic carbocycles. The molecule has 2 aliphatic heterocycles. The van der Waals surface area contributed by atoms with Gasteiger partial charge in [-0.25, -0.2) is 4.98 Å². The Hall–Kier alpha value is -3.81. The number of carbonyl (C=O) groups is 1. The summed E-state index contributed by atoms with van der Waals surface area (Å²) in [5.41, 5.74) is 11.8. The topological polar surface area (TPSA) is 78.3 Å². The summed E-state index contributed by atoms with van der Waals surface area (Å²) in [6.07, 6.45) is 1.88. The summed E-state index contributed by atoms with van der Waals surface area (Å²) < 4.78 is 10.6. The van der Waals surface area contributed by atoms with Gasteiger partial charge in [-0.1, -0.05) is 41.9 Å². The minimum atomic E-state index is -0.0135. The number of hydrogen-bond acceptors (Lipinski definition) is 4. The number of nitrogens with two attached hydrogens (primary N) is 1. The normalized spacial score (nSPS) is 17.2. The molecule has 2 N–H and O–H groups in total. The van der Waals surface area contributed by atoms with Crippen molar-refractivity contribution in [3.8, 4) is 17.3 Å². The molecule has 7 rings (SSSR count). The van der Waals surface area contributed by atoms with Crippen molar-refractivity contribution in [3.05, 3.63) is 82.9 Å². The fourth-order valence-corrected chi connectivity index (χ4v) is 5.97. The van der Waals surface area contributed by atoms with Crippen LogP contribution < -0.4 is 10.5 Å². The average molecular weight is 526 g/mol. The molecule has 38 heavy (non-hydrogen) atoms. The second-order valence-electron chi connectivity index (χ2n) is 10.2. The Bertz CT molecular complexity index is 1690. The van der Waals surface area contributed by atoms with Gasteiger partial charge in [-0.05, 0) is 54.8 Å². The zero-order valence-corrected chi connectivity index (χ0v) is 21.7. The van der Waals surface area contributed by atoms with Crippen LogP contribution in [-0.4, -0.2) is 50.7 Å². The van der Waals surface area contributed by atoms with E-state index in [9.17, 15) is 4.79 Å². The Kier molecular flexibility index (Phi) is 5.64. The maximum atomic E-state index is 13.4. The number of amides is 1. The van der Waals surface area contributed by atoms with Gasteiger partial charge in [-0.3, -0.25) is 4.79 Å². The summed E-state index contributed by atoms with van der Waals surface area (Å²) in [4.78, 5) is 20.4. The highest BCUT2D eigenvalue weighted by Gasteiger charge is 2.27. The summed E-state index contributed by atoms with van der Waals surface area (Å²) in [7, 11) is 0. The Balaban J connectivity index is 1.36. The second-order valence-corrected chi connectivity index (χ2v) is 10.7. The van der Waals surface area contributed by atoms with Crippen molar-refractivity contribution in [2.24, 2.45) is 5.73 Å². The van der Waals surface area contributed by atoms with Gasteiger partial charge in [0.15, 0.2) is 5.82 Å². The number of hydrogen-bond donors (Lipinski definition) is 1. The van der Waals surface area contributed by atoms with E-state index in [-0.39, 0.29) is 11.9 Å². The molecule has 8 heteroatoms. The molecule has 7 nitrogen and oxygen atoms in total. The summed E-state index contributed by atoms with van der Waals surface area (Å²) in [6.45, 7) is 3.21. The minimum Gasteiger partial charge on any atom is -0.489 e. The molecule has 1 saturated heterocycles. The molecule has 1 fully saturated rings. The van der Waals surface area contributed by atoms with E-state index in [0.717, 1.165) is 63.4 Å². The molecule has 2 aromatic heterocycles. The zero-order chi connectivity index (χ0) is 25.8. The molecule has 0 aliphatic carbocycles. The first kappa shape index (κ1) is 23.3. The Labute approximate surface area is 225 Å². The van der Waals surface area contributed by atoms with Crippen LogP contribution in [0.1, 0.15) is 28.8 Å². The van der Waals surface area contributed by atoms with E-state index in [4.69, 9.17) is 27.1 Å². The third-order valence-corrected chi connectivity index (χ3v) is 7.92. The quantitative estimate of drug-likeness (QED) is 0.344. The van der Waals surface area contributed by atoms with Crippen LogP contribution in [0.4, 0.5) is 0 Å². The first-order chi connectivity index (χ1) is 18.5. The van der Waals surface area contributed by atoms with Crippen molar-refractivity contribution < 1.29 is 9.53 Å². The van der Waals surface area contributed by atoms with Gasteiger partial charge in [0, 0.05) is 47.2 Å². The number of rotatable bonds is 4. The van der Waals surface area contributed by atoms with Gasteiger partial charge in [0.2, 0.25) is 0 Å². The molecule has 0 radical (unpaired) electrons. The third-order valence-electron chi connectivity index (χ3n) is 7.66. The fourth-order valence-electron chi connectivity index (χ4n) is 5.84. The molecular weight excluding hydrogens is 498 g/mol. The van der Waals surface area contributed by atoms with Gasteiger partial charge in [0.25, 0.3) is 5.91 Å². The van der Waals surface area contributed by atoms with Gasteiger partial charge >= 0.3 is 0 Å². The predicted molar refractivity (Wildman–Crippen MR) is 150 cm³/mol. The van der Waals surface area contributed by atoms with Crippen LogP contribution in [0, 0.1) is 0 Å². The number of para-hydroxylation sites is 1. The lowest BCUT2D eigenvalue weighted by Crippen LogP contribution is -2.45. The van der Waals surface area contributed by atoms with Crippen molar-refractivity contribution in [1.29, 1.82) is 0 Å². The molecule has 5 aromatic rings. The number of aromatic nitrogens is 3. The Morgan fingerprint density at radius 1 is 1.08 bits per heavy atom. The van der Waals surface area contributed by atoms with Crippen LogP contribution in [0.25, 0.3) is 33.5 Å². The fraction of sp³-hybridized carbons (Fsp3) is 0.267. The van der Waals surface area contributed by atoms with Crippen LogP contribution in [0.3, 0.4) is 0 Å². The van der Waals surface area contributed by atoms with Crippen molar-refractivity contribution in [3.63, 3.8) is 0 Å². The van der Waals surface area contributed by atoms with Crippen LogP contribution >= 0.6 is 11.6 Å². The average Bonchev–Trinajstić information content (AvgIpc) is 3.49. The minimum absolute atomic E-state index is 0.0135.